The van der Waals surface area contributed by atoms with Crippen molar-refractivity contribution >= 4 is 11.8 Å². The second-order valence-corrected chi connectivity index (χ2v) is 7.34. The highest BCUT2D eigenvalue weighted by Gasteiger charge is 2.27. The number of rotatable bonds is 5. The minimum atomic E-state index is -0.423. The summed E-state index contributed by atoms with van der Waals surface area (Å²) in [6, 6.07) is 10.1. The fourth-order valence-corrected chi connectivity index (χ4v) is 3.80. The number of nitrogens with zero attached hydrogens (tertiary/aromatic N) is 2. The molecule has 32 heavy (non-hydrogen) atoms. The summed E-state index contributed by atoms with van der Waals surface area (Å²) in [6.07, 6.45) is 1.80. The molecule has 0 saturated heterocycles. The topological polar surface area (TPSA) is 93.8 Å². The first-order valence-electron chi connectivity index (χ1n) is 10.1. The predicted octanol–water partition coefficient (Wildman–Crippen LogP) is 2.22. The predicted molar refractivity (Wildman–Crippen MR) is 113 cm³/mol. The first-order chi connectivity index (χ1) is 15.5. The number of amides is 2. The number of carbonyl (C=O) groups excluding carboxylic acids is 2. The third-order valence-corrected chi connectivity index (χ3v) is 5.42. The number of ether oxygens (including phenoxy) is 1. The molecule has 8 nitrogen and oxygen atoms in total. The smallest absolute Gasteiger partial charge is 0.257 e. The molecule has 2 aromatic heterocycles. The average Bonchev–Trinajstić information content (AvgIpc) is 3.22. The molecule has 166 valence electrons. The SMILES string of the molecule is COc1cc(=O)n2c(c1C(=O)NCc1ccco1)CCN(C(=O)c1ccc(F)cc1)CC2. The molecule has 0 bridgehead atoms. The van der Waals surface area contributed by atoms with Crippen molar-refractivity contribution in [3.8, 4) is 5.75 Å². The molecule has 1 aromatic carbocycles. The van der Waals surface area contributed by atoms with Crippen LogP contribution in [0.4, 0.5) is 4.39 Å². The van der Waals surface area contributed by atoms with E-state index in [1.807, 2.05) is 0 Å². The van der Waals surface area contributed by atoms with E-state index >= 15 is 0 Å². The minimum Gasteiger partial charge on any atom is -0.496 e. The number of methoxy groups -OCH3 is 1. The van der Waals surface area contributed by atoms with Gasteiger partial charge in [0.05, 0.1) is 19.9 Å². The Hall–Kier alpha value is -3.88. The van der Waals surface area contributed by atoms with E-state index in [2.05, 4.69) is 5.32 Å². The Morgan fingerprint density at radius 3 is 2.62 bits per heavy atom. The van der Waals surface area contributed by atoms with E-state index in [0.717, 1.165) is 0 Å². The number of nitrogens with one attached hydrogen (secondary N) is 1. The molecule has 2 amide bonds. The number of halogens is 1. The molecule has 9 heteroatoms. The van der Waals surface area contributed by atoms with Gasteiger partial charge in [-0.15, -0.1) is 0 Å². The van der Waals surface area contributed by atoms with Crippen LogP contribution in [-0.2, 0) is 19.5 Å². The zero-order valence-electron chi connectivity index (χ0n) is 17.5. The number of fused-ring (bicyclic) bond motifs is 1. The fourth-order valence-electron chi connectivity index (χ4n) is 3.80. The van der Waals surface area contributed by atoms with Crippen molar-refractivity contribution in [1.82, 2.24) is 14.8 Å². The van der Waals surface area contributed by atoms with Crippen LogP contribution in [0.15, 0.2) is 57.9 Å². The molecule has 0 spiro atoms. The molecule has 4 rings (SSSR count). The zero-order chi connectivity index (χ0) is 22.7. The Labute approximate surface area is 183 Å². The zero-order valence-corrected chi connectivity index (χ0v) is 17.5. The highest BCUT2D eigenvalue weighted by atomic mass is 19.1. The van der Waals surface area contributed by atoms with Gasteiger partial charge >= 0.3 is 0 Å². The van der Waals surface area contributed by atoms with Crippen LogP contribution >= 0.6 is 0 Å². The number of hydrogen-bond acceptors (Lipinski definition) is 5. The van der Waals surface area contributed by atoms with Gasteiger partial charge in [-0.1, -0.05) is 0 Å². The molecule has 0 aliphatic carbocycles. The Morgan fingerprint density at radius 2 is 1.94 bits per heavy atom. The molecule has 0 atom stereocenters. The first kappa shape index (κ1) is 21.4. The molecule has 1 aliphatic heterocycles. The second-order valence-electron chi connectivity index (χ2n) is 7.34. The van der Waals surface area contributed by atoms with Gasteiger partial charge in [0.1, 0.15) is 22.9 Å². The molecule has 0 unspecified atom stereocenters. The standard InChI is InChI=1S/C23H22FN3O5/c1-31-19-13-20(28)27-11-10-26(23(30)15-4-6-16(24)7-5-15)9-8-18(27)21(19)22(29)25-14-17-3-2-12-32-17/h2-7,12-13H,8-11,14H2,1H3,(H,25,29). The van der Waals surface area contributed by atoms with Crippen molar-refractivity contribution < 1.29 is 23.1 Å². The summed E-state index contributed by atoms with van der Waals surface area (Å²) in [4.78, 5) is 40.2. The molecule has 0 fully saturated rings. The van der Waals surface area contributed by atoms with Crippen LogP contribution in [0.25, 0.3) is 0 Å². The van der Waals surface area contributed by atoms with Crippen LogP contribution in [0.5, 0.6) is 5.75 Å². The Bertz CT molecular complexity index is 1190. The normalized spacial score (nSPS) is 13.2. The van der Waals surface area contributed by atoms with Crippen molar-refractivity contribution in [1.29, 1.82) is 0 Å². The van der Waals surface area contributed by atoms with Crippen molar-refractivity contribution in [3.05, 3.63) is 87.5 Å². The number of pyridine rings is 1. The van der Waals surface area contributed by atoms with Crippen LogP contribution < -0.4 is 15.6 Å². The number of benzene rings is 1. The maximum absolute atomic E-state index is 13.2. The van der Waals surface area contributed by atoms with Gasteiger partial charge in [0.15, 0.2) is 0 Å². The summed E-state index contributed by atoms with van der Waals surface area (Å²) in [5, 5.41) is 2.79. The van der Waals surface area contributed by atoms with Crippen LogP contribution in [0, 0.1) is 5.82 Å². The molecule has 3 aromatic rings. The fraction of sp³-hybridized carbons (Fsp3) is 0.261. The number of carbonyl (C=O) groups is 2. The third kappa shape index (κ3) is 4.27. The summed E-state index contributed by atoms with van der Waals surface area (Å²) < 4.78 is 25.3. The van der Waals surface area contributed by atoms with Gasteiger partial charge in [-0.25, -0.2) is 4.39 Å². The van der Waals surface area contributed by atoms with E-state index in [1.165, 1.54) is 48.3 Å². The lowest BCUT2D eigenvalue weighted by Gasteiger charge is -2.20. The van der Waals surface area contributed by atoms with E-state index in [1.54, 1.807) is 17.0 Å². The van der Waals surface area contributed by atoms with E-state index in [4.69, 9.17) is 9.15 Å². The molecule has 3 heterocycles. The van der Waals surface area contributed by atoms with Crippen LogP contribution in [0.2, 0.25) is 0 Å². The maximum Gasteiger partial charge on any atom is 0.257 e. The van der Waals surface area contributed by atoms with Crippen LogP contribution in [-0.4, -0.2) is 41.5 Å². The minimum absolute atomic E-state index is 0.177. The molecule has 0 radical (unpaired) electrons. The molecule has 1 N–H and O–H groups in total. The van der Waals surface area contributed by atoms with Gasteiger partial charge in [0, 0.05) is 43.4 Å². The van der Waals surface area contributed by atoms with Gasteiger partial charge in [-0.05, 0) is 36.4 Å². The van der Waals surface area contributed by atoms with E-state index in [9.17, 15) is 18.8 Å². The van der Waals surface area contributed by atoms with Crippen molar-refractivity contribution in [2.75, 3.05) is 20.2 Å². The average molecular weight is 439 g/mol. The molecule has 1 aliphatic rings. The highest BCUT2D eigenvalue weighted by Crippen LogP contribution is 2.23. The van der Waals surface area contributed by atoms with Crippen LogP contribution in [0.3, 0.4) is 0 Å². The van der Waals surface area contributed by atoms with Crippen LogP contribution in [0.1, 0.15) is 32.2 Å². The lowest BCUT2D eigenvalue weighted by molar-refractivity contribution is 0.0759. The van der Waals surface area contributed by atoms with Gasteiger partial charge in [0.25, 0.3) is 17.4 Å². The lowest BCUT2D eigenvalue weighted by atomic mass is 10.1. The summed E-state index contributed by atoms with van der Waals surface area (Å²) in [5.74, 6) is -0.320. The largest absolute Gasteiger partial charge is 0.496 e. The van der Waals surface area contributed by atoms with E-state index in [-0.39, 0.29) is 48.8 Å². The van der Waals surface area contributed by atoms with Gasteiger partial charge in [0.2, 0.25) is 0 Å². The molecular formula is C23H22FN3O5. The van der Waals surface area contributed by atoms with Gasteiger partial charge in [-0.2, -0.15) is 0 Å². The summed E-state index contributed by atoms with van der Waals surface area (Å²) in [6.45, 7) is 0.983. The summed E-state index contributed by atoms with van der Waals surface area (Å²) in [5.41, 5.74) is 0.810. The number of hydrogen-bond donors (Lipinski definition) is 1. The highest BCUT2D eigenvalue weighted by molar-refractivity contribution is 5.98. The summed E-state index contributed by atoms with van der Waals surface area (Å²) in [7, 11) is 1.40. The van der Waals surface area contributed by atoms with Crippen molar-refractivity contribution in [2.45, 2.75) is 19.5 Å². The number of aromatic nitrogens is 1. The Morgan fingerprint density at radius 1 is 1.16 bits per heavy atom. The van der Waals surface area contributed by atoms with Gasteiger partial charge in [-0.3, -0.25) is 14.4 Å². The van der Waals surface area contributed by atoms with E-state index in [0.29, 0.717) is 23.6 Å². The quantitative estimate of drug-likeness (QED) is 0.658. The lowest BCUT2D eigenvalue weighted by Crippen LogP contribution is -2.34. The third-order valence-electron chi connectivity index (χ3n) is 5.42. The summed E-state index contributed by atoms with van der Waals surface area (Å²) >= 11 is 0. The molecular weight excluding hydrogens is 417 g/mol. The monoisotopic (exact) mass is 439 g/mol. The van der Waals surface area contributed by atoms with E-state index < -0.39 is 11.7 Å². The first-order valence-corrected chi connectivity index (χ1v) is 10.1. The second kappa shape index (κ2) is 9.09. The maximum atomic E-state index is 13.2. The Kier molecular flexibility index (Phi) is 6.07. The van der Waals surface area contributed by atoms with Gasteiger partial charge < -0.3 is 23.9 Å². The molecule has 0 saturated carbocycles. The Balaban J connectivity index is 1.61. The van der Waals surface area contributed by atoms with Crippen molar-refractivity contribution in [3.63, 3.8) is 0 Å². The number of furan rings is 1. The van der Waals surface area contributed by atoms with Crippen molar-refractivity contribution in [2.24, 2.45) is 0 Å².